The minimum absolute atomic E-state index is 0.611. The highest BCUT2D eigenvalue weighted by Gasteiger charge is 2.22. The SMILES string of the molecule is COc1ccc(N(CCN)C2CCCC2)nc1. The molecule has 0 atom stereocenters. The van der Waals surface area contributed by atoms with E-state index in [2.05, 4.69) is 9.88 Å². The molecule has 0 unspecified atom stereocenters. The third-order valence-corrected chi connectivity index (χ3v) is 3.39. The van der Waals surface area contributed by atoms with E-state index in [0.29, 0.717) is 12.6 Å². The third-order valence-electron chi connectivity index (χ3n) is 3.39. The third kappa shape index (κ3) is 2.88. The maximum atomic E-state index is 5.70. The second-order valence-electron chi connectivity index (χ2n) is 4.48. The molecule has 0 aliphatic heterocycles. The van der Waals surface area contributed by atoms with Crippen molar-refractivity contribution in [2.24, 2.45) is 5.73 Å². The summed E-state index contributed by atoms with van der Waals surface area (Å²) in [4.78, 5) is 6.80. The van der Waals surface area contributed by atoms with Crippen LogP contribution in [0.1, 0.15) is 25.7 Å². The number of rotatable bonds is 5. The molecule has 0 radical (unpaired) electrons. The van der Waals surface area contributed by atoms with Crippen molar-refractivity contribution in [3.05, 3.63) is 18.3 Å². The Hall–Kier alpha value is -1.29. The second kappa shape index (κ2) is 5.87. The van der Waals surface area contributed by atoms with Gasteiger partial charge in [-0.2, -0.15) is 0 Å². The molecule has 2 N–H and O–H groups in total. The van der Waals surface area contributed by atoms with E-state index in [0.717, 1.165) is 18.1 Å². The van der Waals surface area contributed by atoms with Crippen LogP contribution in [0, 0.1) is 0 Å². The Balaban J connectivity index is 2.12. The second-order valence-corrected chi connectivity index (χ2v) is 4.48. The molecular weight excluding hydrogens is 214 g/mol. The Morgan fingerprint density at radius 3 is 2.71 bits per heavy atom. The molecule has 1 aliphatic rings. The van der Waals surface area contributed by atoms with Gasteiger partial charge in [0.1, 0.15) is 11.6 Å². The molecule has 2 rings (SSSR count). The zero-order valence-corrected chi connectivity index (χ0v) is 10.4. The van der Waals surface area contributed by atoms with Crippen molar-refractivity contribution >= 4 is 5.82 Å². The van der Waals surface area contributed by atoms with Crippen molar-refractivity contribution in [2.75, 3.05) is 25.1 Å². The van der Waals surface area contributed by atoms with E-state index >= 15 is 0 Å². The Kier molecular flexibility index (Phi) is 4.20. The minimum Gasteiger partial charge on any atom is -0.495 e. The maximum Gasteiger partial charge on any atom is 0.137 e. The zero-order valence-electron chi connectivity index (χ0n) is 10.4. The van der Waals surface area contributed by atoms with E-state index < -0.39 is 0 Å². The molecule has 1 fully saturated rings. The molecular formula is C13H21N3O. The summed E-state index contributed by atoms with van der Waals surface area (Å²) < 4.78 is 5.13. The van der Waals surface area contributed by atoms with E-state index in [-0.39, 0.29) is 0 Å². The molecule has 0 saturated heterocycles. The normalized spacial score (nSPS) is 16.1. The van der Waals surface area contributed by atoms with Crippen LogP contribution in [0.5, 0.6) is 5.75 Å². The topological polar surface area (TPSA) is 51.4 Å². The average molecular weight is 235 g/mol. The number of nitrogens with two attached hydrogens (primary N) is 1. The van der Waals surface area contributed by atoms with Gasteiger partial charge in [-0.3, -0.25) is 0 Å². The first-order chi connectivity index (χ1) is 8.35. The Bertz CT molecular complexity index is 333. The average Bonchev–Trinajstić information content (AvgIpc) is 2.90. The summed E-state index contributed by atoms with van der Waals surface area (Å²) in [6.45, 7) is 1.55. The summed E-state index contributed by atoms with van der Waals surface area (Å²) in [6, 6.07) is 4.59. The number of methoxy groups -OCH3 is 1. The predicted octanol–water partition coefficient (Wildman–Crippen LogP) is 1.80. The summed E-state index contributed by atoms with van der Waals surface area (Å²) in [5, 5.41) is 0. The van der Waals surface area contributed by atoms with Crippen LogP contribution in [0.25, 0.3) is 0 Å². The summed E-state index contributed by atoms with van der Waals surface area (Å²) in [6.07, 6.45) is 6.93. The van der Waals surface area contributed by atoms with Gasteiger partial charge in [0.15, 0.2) is 0 Å². The van der Waals surface area contributed by atoms with E-state index in [4.69, 9.17) is 10.5 Å². The summed E-state index contributed by atoms with van der Waals surface area (Å²) >= 11 is 0. The van der Waals surface area contributed by atoms with Gasteiger partial charge in [-0.15, -0.1) is 0 Å². The van der Waals surface area contributed by atoms with Crippen LogP contribution in [0.4, 0.5) is 5.82 Å². The quantitative estimate of drug-likeness (QED) is 0.845. The molecule has 1 saturated carbocycles. The molecule has 1 aliphatic carbocycles. The monoisotopic (exact) mass is 235 g/mol. The highest BCUT2D eigenvalue weighted by Crippen LogP contribution is 2.27. The number of nitrogens with zero attached hydrogens (tertiary/aromatic N) is 2. The first kappa shape index (κ1) is 12.2. The van der Waals surface area contributed by atoms with Gasteiger partial charge in [-0.25, -0.2) is 4.98 Å². The summed E-state index contributed by atoms with van der Waals surface area (Å²) in [7, 11) is 1.66. The van der Waals surface area contributed by atoms with E-state index in [1.807, 2.05) is 12.1 Å². The highest BCUT2D eigenvalue weighted by atomic mass is 16.5. The fourth-order valence-electron chi connectivity index (χ4n) is 2.50. The lowest BCUT2D eigenvalue weighted by Gasteiger charge is -2.29. The van der Waals surface area contributed by atoms with Crippen LogP contribution in [0.2, 0.25) is 0 Å². The van der Waals surface area contributed by atoms with Crippen molar-refractivity contribution in [3.63, 3.8) is 0 Å². The van der Waals surface area contributed by atoms with Crippen LogP contribution >= 0.6 is 0 Å². The molecule has 0 aromatic carbocycles. The number of pyridine rings is 1. The zero-order chi connectivity index (χ0) is 12.1. The number of hydrogen-bond acceptors (Lipinski definition) is 4. The molecule has 17 heavy (non-hydrogen) atoms. The van der Waals surface area contributed by atoms with Gasteiger partial charge in [0.05, 0.1) is 13.3 Å². The lowest BCUT2D eigenvalue weighted by atomic mass is 10.2. The standard InChI is InChI=1S/C13H21N3O/c1-17-12-6-7-13(15-10-12)16(9-8-14)11-4-2-3-5-11/h6-7,10-11H,2-5,8-9,14H2,1H3. The van der Waals surface area contributed by atoms with E-state index in [1.165, 1.54) is 25.7 Å². The Morgan fingerprint density at radius 2 is 2.18 bits per heavy atom. The van der Waals surface area contributed by atoms with Gasteiger partial charge in [0, 0.05) is 19.1 Å². The number of hydrogen-bond donors (Lipinski definition) is 1. The van der Waals surface area contributed by atoms with Crippen molar-refractivity contribution in [1.82, 2.24) is 4.98 Å². The van der Waals surface area contributed by atoms with Crippen LogP contribution in [-0.2, 0) is 0 Å². The van der Waals surface area contributed by atoms with Gasteiger partial charge in [0.2, 0.25) is 0 Å². The van der Waals surface area contributed by atoms with Gasteiger partial charge in [0.25, 0.3) is 0 Å². The smallest absolute Gasteiger partial charge is 0.137 e. The molecule has 0 amide bonds. The molecule has 94 valence electrons. The molecule has 1 heterocycles. The lowest BCUT2D eigenvalue weighted by Crippen LogP contribution is -2.37. The van der Waals surface area contributed by atoms with Gasteiger partial charge < -0.3 is 15.4 Å². The fourth-order valence-corrected chi connectivity index (χ4v) is 2.50. The number of ether oxygens (including phenoxy) is 1. The lowest BCUT2D eigenvalue weighted by molar-refractivity contribution is 0.412. The van der Waals surface area contributed by atoms with Crippen LogP contribution in [0.15, 0.2) is 18.3 Å². The Labute approximate surface area is 103 Å². The Morgan fingerprint density at radius 1 is 1.41 bits per heavy atom. The van der Waals surface area contributed by atoms with Crippen molar-refractivity contribution in [2.45, 2.75) is 31.7 Å². The summed E-state index contributed by atoms with van der Waals surface area (Å²) in [5.41, 5.74) is 5.70. The molecule has 4 nitrogen and oxygen atoms in total. The van der Waals surface area contributed by atoms with Crippen molar-refractivity contribution in [3.8, 4) is 5.75 Å². The fraction of sp³-hybridized carbons (Fsp3) is 0.615. The molecule has 0 spiro atoms. The van der Waals surface area contributed by atoms with Crippen LogP contribution < -0.4 is 15.4 Å². The van der Waals surface area contributed by atoms with E-state index in [9.17, 15) is 0 Å². The number of anilines is 1. The van der Waals surface area contributed by atoms with Gasteiger partial charge >= 0.3 is 0 Å². The first-order valence-corrected chi connectivity index (χ1v) is 6.32. The van der Waals surface area contributed by atoms with Crippen molar-refractivity contribution in [1.29, 1.82) is 0 Å². The maximum absolute atomic E-state index is 5.70. The predicted molar refractivity (Wildman–Crippen MR) is 69.4 cm³/mol. The molecule has 4 heteroatoms. The largest absolute Gasteiger partial charge is 0.495 e. The van der Waals surface area contributed by atoms with Gasteiger partial charge in [-0.05, 0) is 25.0 Å². The number of aromatic nitrogens is 1. The van der Waals surface area contributed by atoms with Crippen molar-refractivity contribution < 1.29 is 4.74 Å². The van der Waals surface area contributed by atoms with Crippen LogP contribution in [-0.4, -0.2) is 31.2 Å². The minimum atomic E-state index is 0.611. The highest BCUT2D eigenvalue weighted by molar-refractivity contribution is 5.42. The van der Waals surface area contributed by atoms with Gasteiger partial charge in [-0.1, -0.05) is 12.8 Å². The first-order valence-electron chi connectivity index (χ1n) is 6.32. The molecule has 1 aromatic heterocycles. The van der Waals surface area contributed by atoms with Crippen LogP contribution in [0.3, 0.4) is 0 Å². The molecule has 1 aromatic rings. The molecule has 0 bridgehead atoms. The summed E-state index contributed by atoms with van der Waals surface area (Å²) in [5.74, 6) is 1.82. The van der Waals surface area contributed by atoms with E-state index in [1.54, 1.807) is 13.3 Å².